The van der Waals surface area contributed by atoms with Gasteiger partial charge in [-0.2, -0.15) is 9.61 Å². The molecule has 1 aliphatic rings. The summed E-state index contributed by atoms with van der Waals surface area (Å²) in [5.74, 6) is 1.65. The predicted molar refractivity (Wildman–Crippen MR) is 146 cm³/mol. The van der Waals surface area contributed by atoms with Crippen LogP contribution in [0.4, 0.5) is 0 Å². The first-order chi connectivity index (χ1) is 18.5. The molecule has 1 aliphatic heterocycles. The molecule has 5 aromatic rings. The molecule has 0 saturated carbocycles. The molecule has 0 aliphatic carbocycles. The molecule has 4 heterocycles. The van der Waals surface area contributed by atoms with Crippen molar-refractivity contribution in [2.45, 2.75) is 40.2 Å². The topological polar surface area (TPSA) is 84.4 Å². The van der Waals surface area contributed by atoms with Gasteiger partial charge in [-0.15, -0.1) is 15.3 Å². The number of carbonyl (C=O) groups excluding carboxylic acids is 1. The fourth-order valence-electron chi connectivity index (χ4n) is 5.48. The Morgan fingerprint density at radius 1 is 0.868 bits per heavy atom. The molecule has 0 N–H and O–H groups in total. The van der Waals surface area contributed by atoms with Crippen molar-refractivity contribution in [2.75, 3.05) is 26.2 Å². The van der Waals surface area contributed by atoms with Gasteiger partial charge >= 0.3 is 0 Å². The molecule has 38 heavy (non-hydrogen) atoms. The Morgan fingerprint density at radius 3 is 2.50 bits per heavy atom. The Bertz CT molecular complexity index is 1620. The van der Waals surface area contributed by atoms with Crippen LogP contribution in [-0.2, 0) is 17.8 Å². The van der Waals surface area contributed by atoms with E-state index in [9.17, 15) is 4.79 Å². The van der Waals surface area contributed by atoms with Crippen molar-refractivity contribution in [1.82, 2.24) is 39.4 Å². The minimum atomic E-state index is 0.209. The van der Waals surface area contributed by atoms with Crippen LogP contribution in [0.25, 0.3) is 22.2 Å². The molecule has 2 aromatic carbocycles. The van der Waals surface area contributed by atoms with Crippen LogP contribution in [0, 0.1) is 20.8 Å². The number of benzene rings is 2. The van der Waals surface area contributed by atoms with Crippen molar-refractivity contribution in [3.05, 3.63) is 82.9 Å². The minimum absolute atomic E-state index is 0.209. The standard InChI is InChI=1S/C29H32N8O/c1-20-25(21(2)36(32-20)28-13-12-27-31-30-22(3)37(27)33-28)11-14-29(38)35-17-15-34(16-18-35)19-24-9-6-8-23-7-4-5-10-26(23)24/h4-10,12-13H,11,14-19H2,1-3H3. The molecule has 9 heteroatoms. The van der Waals surface area contributed by atoms with E-state index in [2.05, 4.69) is 62.7 Å². The predicted octanol–water partition coefficient (Wildman–Crippen LogP) is 3.67. The van der Waals surface area contributed by atoms with Gasteiger partial charge < -0.3 is 4.90 Å². The van der Waals surface area contributed by atoms with Crippen LogP contribution in [-0.4, -0.2) is 71.5 Å². The summed E-state index contributed by atoms with van der Waals surface area (Å²) >= 11 is 0. The summed E-state index contributed by atoms with van der Waals surface area (Å²) in [4.78, 5) is 17.6. The molecule has 6 rings (SSSR count). The van der Waals surface area contributed by atoms with Gasteiger partial charge in [-0.25, -0.2) is 4.68 Å². The monoisotopic (exact) mass is 508 g/mol. The van der Waals surface area contributed by atoms with Gasteiger partial charge in [0.05, 0.1) is 5.69 Å². The molecule has 9 nitrogen and oxygen atoms in total. The Kier molecular flexibility index (Phi) is 6.37. The van der Waals surface area contributed by atoms with Crippen LogP contribution in [0.5, 0.6) is 0 Å². The lowest BCUT2D eigenvalue weighted by Gasteiger charge is -2.35. The molecule has 0 unspecified atom stereocenters. The number of hydrogen-bond donors (Lipinski definition) is 0. The first-order valence-electron chi connectivity index (χ1n) is 13.2. The maximum Gasteiger partial charge on any atom is 0.222 e. The van der Waals surface area contributed by atoms with Gasteiger partial charge in [0.25, 0.3) is 0 Å². The van der Waals surface area contributed by atoms with E-state index in [1.54, 1.807) is 4.52 Å². The molecular weight excluding hydrogens is 476 g/mol. The molecule has 0 radical (unpaired) electrons. The number of carbonyl (C=O) groups is 1. The molecule has 1 saturated heterocycles. The van der Waals surface area contributed by atoms with Crippen LogP contribution in [0.15, 0.2) is 54.6 Å². The van der Waals surface area contributed by atoms with Crippen LogP contribution in [0.2, 0.25) is 0 Å². The Labute approximate surface area is 221 Å². The SMILES string of the molecule is Cc1nn(-c2ccc3nnc(C)n3n2)c(C)c1CCC(=O)N1CCN(Cc2cccc3ccccc23)CC1. The number of fused-ring (bicyclic) bond motifs is 2. The average molecular weight is 509 g/mol. The summed E-state index contributed by atoms with van der Waals surface area (Å²) in [7, 11) is 0. The normalized spacial score (nSPS) is 14.6. The van der Waals surface area contributed by atoms with E-state index in [0.29, 0.717) is 24.3 Å². The second kappa shape index (κ2) is 9.98. The largest absolute Gasteiger partial charge is 0.340 e. The summed E-state index contributed by atoms with van der Waals surface area (Å²) in [6.45, 7) is 10.1. The highest BCUT2D eigenvalue weighted by molar-refractivity contribution is 5.85. The maximum absolute atomic E-state index is 13.1. The van der Waals surface area contributed by atoms with Gasteiger partial charge in [-0.3, -0.25) is 9.69 Å². The van der Waals surface area contributed by atoms with Crippen molar-refractivity contribution in [2.24, 2.45) is 0 Å². The maximum atomic E-state index is 13.1. The van der Waals surface area contributed by atoms with Gasteiger partial charge in [0.15, 0.2) is 17.3 Å². The minimum Gasteiger partial charge on any atom is -0.340 e. The van der Waals surface area contributed by atoms with Gasteiger partial charge in [-0.05, 0) is 61.2 Å². The summed E-state index contributed by atoms with van der Waals surface area (Å²) < 4.78 is 3.56. The van der Waals surface area contributed by atoms with E-state index in [-0.39, 0.29) is 5.91 Å². The highest BCUT2D eigenvalue weighted by Gasteiger charge is 2.23. The number of nitrogens with zero attached hydrogens (tertiary/aromatic N) is 8. The number of aromatic nitrogens is 6. The summed E-state index contributed by atoms with van der Waals surface area (Å²) in [5, 5.41) is 20.2. The zero-order valence-electron chi connectivity index (χ0n) is 22.1. The number of hydrogen-bond acceptors (Lipinski definition) is 6. The van der Waals surface area contributed by atoms with Crippen molar-refractivity contribution in [3.63, 3.8) is 0 Å². The fraction of sp³-hybridized carbons (Fsp3) is 0.345. The lowest BCUT2D eigenvalue weighted by Crippen LogP contribution is -2.48. The molecule has 3 aromatic heterocycles. The molecule has 0 spiro atoms. The third-order valence-electron chi connectivity index (χ3n) is 7.65. The van der Waals surface area contributed by atoms with Crippen molar-refractivity contribution < 1.29 is 4.79 Å². The second-order valence-electron chi connectivity index (χ2n) is 10.1. The first-order valence-corrected chi connectivity index (χ1v) is 13.2. The Balaban J connectivity index is 1.07. The molecule has 0 atom stereocenters. The van der Waals surface area contributed by atoms with Gasteiger partial charge in [-0.1, -0.05) is 42.5 Å². The highest BCUT2D eigenvalue weighted by Crippen LogP contribution is 2.22. The molecule has 1 fully saturated rings. The van der Waals surface area contributed by atoms with Crippen LogP contribution in [0.3, 0.4) is 0 Å². The van der Waals surface area contributed by atoms with E-state index in [1.807, 2.05) is 42.5 Å². The van der Waals surface area contributed by atoms with Crippen molar-refractivity contribution in [1.29, 1.82) is 0 Å². The van der Waals surface area contributed by atoms with Crippen LogP contribution in [0.1, 0.15) is 34.8 Å². The molecule has 1 amide bonds. The van der Waals surface area contributed by atoms with E-state index in [4.69, 9.17) is 5.10 Å². The third kappa shape index (κ3) is 4.54. The summed E-state index contributed by atoms with van der Waals surface area (Å²) in [6.07, 6.45) is 1.15. The van der Waals surface area contributed by atoms with E-state index >= 15 is 0 Å². The van der Waals surface area contributed by atoms with Gasteiger partial charge in [0, 0.05) is 44.8 Å². The molecule has 0 bridgehead atoms. The number of piperazine rings is 1. The van der Waals surface area contributed by atoms with E-state index in [1.165, 1.54) is 16.3 Å². The van der Waals surface area contributed by atoms with Crippen molar-refractivity contribution >= 4 is 22.3 Å². The number of amides is 1. The van der Waals surface area contributed by atoms with Gasteiger partial charge in [0.1, 0.15) is 0 Å². The van der Waals surface area contributed by atoms with Crippen molar-refractivity contribution in [3.8, 4) is 5.82 Å². The van der Waals surface area contributed by atoms with E-state index in [0.717, 1.165) is 55.5 Å². The number of rotatable bonds is 6. The highest BCUT2D eigenvalue weighted by atomic mass is 16.2. The fourth-order valence-corrected chi connectivity index (χ4v) is 5.48. The lowest BCUT2D eigenvalue weighted by molar-refractivity contribution is -0.133. The number of aryl methyl sites for hydroxylation is 2. The first kappa shape index (κ1) is 24.2. The third-order valence-corrected chi connectivity index (χ3v) is 7.65. The van der Waals surface area contributed by atoms with Gasteiger partial charge in [0.2, 0.25) is 5.91 Å². The summed E-state index contributed by atoms with van der Waals surface area (Å²) in [5.41, 5.74) is 5.09. The lowest BCUT2D eigenvalue weighted by atomic mass is 10.0. The Hall–Kier alpha value is -4.11. The Morgan fingerprint density at radius 2 is 1.66 bits per heavy atom. The smallest absolute Gasteiger partial charge is 0.222 e. The van der Waals surface area contributed by atoms with E-state index < -0.39 is 0 Å². The molecular formula is C29H32N8O. The van der Waals surface area contributed by atoms with Crippen LogP contribution >= 0.6 is 0 Å². The second-order valence-corrected chi connectivity index (χ2v) is 10.1. The molecule has 194 valence electrons. The zero-order valence-corrected chi connectivity index (χ0v) is 22.1. The van der Waals surface area contributed by atoms with Crippen LogP contribution < -0.4 is 0 Å². The quantitative estimate of drug-likeness (QED) is 0.348. The zero-order chi connectivity index (χ0) is 26.2. The average Bonchev–Trinajstić information content (AvgIpc) is 3.45. The summed E-state index contributed by atoms with van der Waals surface area (Å²) in [6, 6.07) is 18.8.